The van der Waals surface area contributed by atoms with Gasteiger partial charge in [-0.1, -0.05) is 30.3 Å². The summed E-state index contributed by atoms with van der Waals surface area (Å²) in [6.45, 7) is 10.3. The summed E-state index contributed by atoms with van der Waals surface area (Å²) in [6, 6.07) is 12.0. The Labute approximate surface area is 138 Å². The largest absolute Gasteiger partial charge is 0.484 e. The number of carbonyl (C=O) groups excluding carboxylic acids is 1. The standard InChI is InChI=1S/C20H25NO2/c1-13-8-6-7-9-19(13)23-12-20(22)21-17(5)18-11-15(3)14(2)10-16(18)4/h6-11,17H,12H2,1-5H3,(H,21,22). The normalized spacial score (nSPS) is 11.9. The van der Waals surface area contributed by atoms with Crippen LogP contribution < -0.4 is 10.1 Å². The van der Waals surface area contributed by atoms with Gasteiger partial charge in [0.2, 0.25) is 0 Å². The molecular weight excluding hydrogens is 286 g/mol. The first-order valence-corrected chi connectivity index (χ1v) is 7.94. The van der Waals surface area contributed by atoms with Crippen LogP contribution in [0.2, 0.25) is 0 Å². The van der Waals surface area contributed by atoms with Gasteiger partial charge in [0, 0.05) is 0 Å². The fourth-order valence-corrected chi connectivity index (χ4v) is 2.67. The lowest BCUT2D eigenvalue weighted by molar-refractivity contribution is -0.123. The molecule has 2 rings (SSSR count). The number of amides is 1. The van der Waals surface area contributed by atoms with Crippen LogP contribution in [0.4, 0.5) is 0 Å². The van der Waals surface area contributed by atoms with Crippen LogP contribution in [-0.2, 0) is 4.79 Å². The Morgan fingerprint density at radius 2 is 1.65 bits per heavy atom. The van der Waals surface area contributed by atoms with E-state index in [1.165, 1.54) is 16.7 Å². The first-order valence-electron chi connectivity index (χ1n) is 7.94. The summed E-state index contributed by atoms with van der Waals surface area (Å²) in [5.74, 6) is 0.635. The van der Waals surface area contributed by atoms with E-state index in [0.717, 1.165) is 16.9 Å². The Kier molecular flexibility index (Phi) is 5.43. The van der Waals surface area contributed by atoms with Crippen LogP contribution >= 0.6 is 0 Å². The molecule has 23 heavy (non-hydrogen) atoms. The SMILES string of the molecule is Cc1cc(C)c(C(C)NC(=O)COc2ccccc2C)cc1C. The van der Waals surface area contributed by atoms with Crippen LogP contribution in [-0.4, -0.2) is 12.5 Å². The molecule has 2 aromatic carbocycles. The minimum atomic E-state index is -0.113. The number of ether oxygens (including phenoxy) is 1. The van der Waals surface area contributed by atoms with E-state index in [9.17, 15) is 4.79 Å². The van der Waals surface area contributed by atoms with E-state index >= 15 is 0 Å². The number of rotatable bonds is 5. The Morgan fingerprint density at radius 3 is 2.35 bits per heavy atom. The maximum absolute atomic E-state index is 12.1. The first-order chi connectivity index (χ1) is 10.9. The number of para-hydroxylation sites is 1. The van der Waals surface area contributed by atoms with Gasteiger partial charge in [0.05, 0.1) is 6.04 Å². The second-order valence-electron chi connectivity index (χ2n) is 6.14. The minimum Gasteiger partial charge on any atom is -0.484 e. The van der Waals surface area contributed by atoms with Gasteiger partial charge in [0.15, 0.2) is 6.61 Å². The maximum atomic E-state index is 12.1. The average Bonchev–Trinajstić information content (AvgIpc) is 2.50. The molecule has 1 N–H and O–H groups in total. The molecule has 0 bridgehead atoms. The van der Waals surface area contributed by atoms with Crippen molar-refractivity contribution in [3.05, 3.63) is 64.2 Å². The lowest BCUT2D eigenvalue weighted by atomic mass is 9.96. The summed E-state index contributed by atoms with van der Waals surface area (Å²) in [5, 5.41) is 3.01. The molecular formula is C20H25NO2. The molecule has 0 aliphatic rings. The molecule has 0 aliphatic carbocycles. The van der Waals surface area contributed by atoms with E-state index in [4.69, 9.17) is 4.74 Å². The molecule has 0 aromatic heterocycles. The quantitative estimate of drug-likeness (QED) is 0.899. The highest BCUT2D eigenvalue weighted by atomic mass is 16.5. The number of hydrogen-bond donors (Lipinski definition) is 1. The van der Waals surface area contributed by atoms with Crippen molar-refractivity contribution in [2.45, 2.75) is 40.7 Å². The number of hydrogen-bond acceptors (Lipinski definition) is 2. The minimum absolute atomic E-state index is 0.0269. The lowest BCUT2D eigenvalue weighted by Gasteiger charge is -2.19. The van der Waals surface area contributed by atoms with E-state index < -0.39 is 0 Å². The zero-order chi connectivity index (χ0) is 17.0. The third-order valence-corrected chi connectivity index (χ3v) is 4.18. The van der Waals surface area contributed by atoms with Gasteiger partial charge >= 0.3 is 0 Å². The van der Waals surface area contributed by atoms with Gasteiger partial charge in [-0.05, 0) is 68.5 Å². The predicted molar refractivity (Wildman–Crippen MR) is 93.9 cm³/mol. The van der Waals surface area contributed by atoms with Gasteiger partial charge in [-0.25, -0.2) is 0 Å². The molecule has 0 heterocycles. The van der Waals surface area contributed by atoms with Gasteiger partial charge in [0.1, 0.15) is 5.75 Å². The Morgan fingerprint density at radius 1 is 1.00 bits per heavy atom. The van der Waals surface area contributed by atoms with Crippen molar-refractivity contribution in [3.63, 3.8) is 0 Å². The predicted octanol–water partition coefficient (Wildman–Crippen LogP) is 4.18. The summed E-state index contributed by atoms with van der Waals surface area (Å²) in [4.78, 5) is 12.1. The molecule has 0 saturated carbocycles. The fraction of sp³-hybridized carbons (Fsp3) is 0.350. The zero-order valence-corrected chi connectivity index (χ0v) is 14.6. The van der Waals surface area contributed by atoms with Gasteiger partial charge in [-0.15, -0.1) is 0 Å². The van der Waals surface area contributed by atoms with Crippen LogP contribution in [0, 0.1) is 27.7 Å². The van der Waals surface area contributed by atoms with Crippen molar-refractivity contribution in [1.82, 2.24) is 5.32 Å². The first kappa shape index (κ1) is 17.1. The maximum Gasteiger partial charge on any atom is 0.258 e. The second-order valence-corrected chi connectivity index (χ2v) is 6.14. The van der Waals surface area contributed by atoms with Gasteiger partial charge in [-0.2, -0.15) is 0 Å². The van der Waals surface area contributed by atoms with Crippen molar-refractivity contribution >= 4 is 5.91 Å². The van der Waals surface area contributed by atoms with Gasteiger partial charge in [0.25, 0.3) is 5.91 Å². The summed E-state index contributed by atoms with van der Waals surface area (Å²) in [7, 11) is 0. The molecule has 0 saturated heterocycles. The Hall–Kier alpha value is -2.29. The van der Waals surface area contributed by atoms with E-state index in [-0.39, 0.29) is 18.6 Å². The summed E-state index contributed by atoms with van der Waals surface area (Å²) in [5.41, 5.74) is 5.88. The molecule has 0 fully saturated rings. The fourth-order valence-electron chi connectivity index (χ4n) is 2.67. The number of benzene rings is 2. The molecule has 3 nitrogen and oxygen atoms in total. The van der Waals surface area contributed by atoms with Crippen molar-refractivity contribution in [2.24, 2.45) is 0 Å². The molecule has 1 amide bonds. The molecule has 0 aliphatic heterocycles. The number of nitrogens with one attached hydrogen (secondary N) is 1. The lowest BCUT2D eigenvalue weighted by Crippen LogP contribution is -2.31. The van der Waals surface area contributed by atoms with Crippen LogP contribution in [0.15, 0.2) is 36.4 Å². The second kappa shape index (κ2) is 7.32. The van der Waals surface area contributed by atoms with Crippen molar-refractivity contribution < 1.29 is 9.53 Å². The third-order valence-electron chi connectivity index (χ3n) is 4.18. The Balaban J connectivity index is 1.97. The summed E-state index contributed by atoms with van der Waals surface area (Å²) in [6.07, 6.45) is 0. The molecule has 1 atom stereocenters. The summed E-state index contributed by atoms with van der Waals surface area (Å²) >= 11 is 0. The van der Waals surface area contributed by atoms with Crippen LogP contribution in [0.1, 0.15) is 40.8 Å². The number of aryl methyl sites for hydroxylation is 4. The smallest absolute Gasteiger partial charge is 0.258 e. The molecule has 122 valence electrons. The zero-order valence-electron chi connectivity index (χ0n) is 14.6. The number of carbonyl (C=O) groups is 1. The molecule has 2 aromatic rings. The van der Waals surface area contributed by atoms with Crippen molar-refractivity contribution in [3.8, 4) is 5.75 Å². The highest BCUT2D eigenvalue weighted by Gasteiger charge is 2.13. The summed E-state index contributed by atoms with van der Waals surface area (Å²) < 4.78 is 5.60. The Bertz CT molecular complexity index is 707. The van der Waals surface area contributed by atoms with Crippen LogP contribution in [0.3, 0.4) is 0 Å². The van der Waals surface area contributed by atoms with E-state index in [2.05, 4.69) is 38.2 Å². The van der Waals surface area contributed by atoms with Gasteiger partial charge in [-0.3, -0.25) is 4.79 Å². The van der Waals surface area contributed by atoms with E-state index in [0.29, 0.717) is 0 Å². The highest BCUT2D eigenvalue weighted by Crippen LogP contribution is 2.21. The molecule has 0 spiro atoms. The monoisotopic (exact) mass is 311 g/mol. The van der Waals surface area contributed by atoms with E-state index in [1.807, 2.05) is 38.1 Å². The molecule has 0 radical (unpaired) electrons. The van der Waals surface area contributed by atoms with E-state index in [1.54, 1.807) is 0 Å². The van der Waals surface area contributed by atoms with Gasteiger partial charge < -0.3 is 10.1 Å². The van der Waals surface area contributed by atoms with Crippen LogP contribution in [0.25, 0.3) is 0 Å². The topological polar surface area (TPSA) is 38.3 Å². The molecule has 3 heteroatoms. The van der Waals surface area contributed by atoms with Crippen molar-refractivity contribution in [2.75, 3.05) is 6.61 Å². The molecule has 1 unspecified atom stereocenters. The van der Waals surface area contributed by atoms with Crippen LogP contribution in [0.5, 0.6) is 5.75 Å². The average molecular weight is 311 g/mol. The third kappa shape index (κ3) is 4.35. The van der Waals surface area contributed by atoms with Crippen molar-refractivity contribution in [1.29, 1.82) is 0 Å². The highest BCUT2D eigenvalue weighted by molar-refractivity contribution is 5.78.